The number of rotatable bonds is 4. The normalized spacial score (nSPS) is 12.3. The monoisotopic (exact) mass is 243 g/mol. The third kappa shape index (κ3) is 2.84. The molecule has 1 atom stereocenters. The third-order valence-corrected chi connectivity index (χ3v) is 2.96. The highest BCUT2D eigenvalue weighted by Gasteiger charge is 2.12. The second kappa shape index (κ2) is 5.60. The van der Waals surface area contributed by atoms with Crippen LogP contribution in [0.25, 0.3) is 0 Å². The Morgan fingerprint density at radius 2 is 2.17 bits per heavy atom. The summed E-state index contributed by atoms with van der Waals surface area (Å²) < 4.78 is 0. The van der Waals surface area contributed by atoms with E-state index in [4.69, 9.17) is 5.73 Å². The number of nitrogens with two attached hydrogens (primary N) is 1. The first-order valence-corrected chi connectivity index (χ1v) is 6.02. The molecule has 94 valence electrons. The molecule has 0 saturated heterocycles. The lowest BCUT2D eigenvalue weighted by Crippen LogP contribution is -2.06. The first-order valence-electron chi connectivity index (χ1n) is 6.02. The molecule has 2 rings (SSSR count). The molecule has 2 aromatic rings. The Balaban J connectivity index is 2.19. The van der Waals surface area contributed by atoms with Crippen LogP contribution in [0.3, 0.4) is 0 Å². The molecule has 0 fully saturated rings. The summed E-state index contributed by atoms with van der Waals surface area (Å²) in [6, 6.07) is 5.52. The van der Waals surface area contributed by atoms with Crippen LogP contribution in [0.4, 0.5) is 5.82 Å². The number of hydrogen-bond acceptors (Lipinski definition) is 4. The van der Waals surface area contributed by atoms with Gasteiger partial charge in [-0.2, -0.15) is 0 Å². The average Bonchev–Trinajstić information content (AvgIpc) is 2.38. The summed E-state index contributed by atoms with van der Waals surface area (Å²) in [5, 5.41) is 10.3. The molecule has 4 nitrogen and oxygen atoms in total. The van der Waals surface area contributed by atoms with E-state index >= 15 is 0 Å². The summed E-state index contributed by atoms with van der Waals surface area (Å²) in [6.45, 7) is 2.05. The highest BCUT2D eigenvalue weighted by atomic mass is 16.3. The molecule has 0 radical (unpaired) electrons. The molecule has 0 aliphatic rings. The maximum Gasteiger partial charge on any atom is 0.123 e. The first-order chi connectivity index (χ1) is 8.70. The van der Waals surface area contributed by atoms with Gasteiger partial charge in [-0.3, -0.25) is 4.98 Å². The van der Waals surface area contributed by atoms with Gasteiger partial charge in [-0.1, -0.05) is 6.92 Å². The summed E-state index contributed by atoms with van der Waals surface area (Å²) in [6.07, 6.45) is 6.02. The molecule has 0 amide bonds. The highest BCUT2D eigenvalue weighted by Crippen LogP contribution is 2.22. The Morgan fingerprint density at radius 3 is 2.89 bits per heavy atom. The Bertz CT molecular complexity index is 528. The number of anilines is 1. The van der Waals surface area contributed by atoms with Crippen LogP contribution < -0.4 is 5.73 Å². The van der Waals surface area contributed by atoms with Gasteiger partial charge in [-0.25, -0.2) is 4.98 Å². The summed E-state index contributed by atoms with van der Waals surface area (Å²) >= 11 is 0. The molecule has 0 saturated carbocycles. The van der Waals surface area contributed by atoms with E-state index < -0.39 is 6.10 Å². The number of aliphatic hydroxyl groups excluding tert-OH is 1. The molecule has 2 heterocycles. The van der Waals surface area contributed by atoms with E-state index in [-0.39, 0.29) is 0 Å². The lowest BCUT2D eigenvalue weighted by Gasteiger charge is -2.14. The van der Waals surface area contributed by atoms with Crippen molar-refractivity contribution in [3.8, 4) is 0 Å². The Hall–Kier alpha value is -1.94. The SMILES string of the molecule is CCc1cnccc1C(O)Cc1ccnc(N)c1. The number of nitrogen functional groups attached to an aromatic ring is 1. The second-order valence-electron chi connectivity index (χ2n) is 4.24. The van der Waals surface area contributed by atoms with Gasteiger partial charge in [0, 0.05) is 25.0 Å². The minimum atomic E-state index is -0.537. The van der Waals surface area contributed by atoms with Gasteiger partial charge in [0.05, 0.1) is 6.10 Å². The van der Waals surface area contributed by atoms with Crippen molar-refractivity contribution in [3.63, 3.8) is 0 Å². The van der Waals surface area contributed by atoms with Crippen molar-refractivity contribution in [1.29, 1.82) is 0 Å². The lowest BCUT2D eigenvalue weighted by atomic mass is 9.98. The molecule has 2 aromatic heterocycles. The van der Waals surface area contributed by atoms with E-state index in [1.807, 2.05) is 12.1 Å². The zero-order valence-corrected chi connectivity index (χ0v) is 10.4. The molecule has 4 heteroatoms. The molecule has 0 aliphatic carbocycles. The van der Waals surface area contributed by atoms with Crippen molar-refractivity contribution in [1.82, 2.24) is 9.97 Å². The van der Waals surface area contributed by atoms with Gasteiger partial charge in [-0.15, -0.1) is 0 Å². The van der Waals surface area contributed by atoms with E-state index in [1.54, 1.807) is 24.7 Å². The summed E-state index contributed by atoms with van der Waals surface area (Å²) in [4.78, 5) is 8.02. The van der Waals surface area contributed by atoms with E-state index in [2.05, 4.69) is 16.9 Å². The molecule has 0 spiro atoms. The minimum absolute atomic E-state index is 0.477. The van der Waals surface area contributed by atoms with Crippen molar-refractivity contribution in [2.75, 3.05) is 5.73 Å². The van der Waals surface area contributed by atoms with E-state index in [0.717, 1.165) is 23.1 Å². The van der Waals surface area contributed by atoms with Crippen LogP contribution in [-0.2, 0) is 12.8 Å². The molecule has 3 N–H and O–H groups in total. The summed E-state index contributed by atoms with van der Waals surface area (Å²) in [5.74, 6) is 0.477. The predicted octanol–water partition coefficient (Wildman–Crippen LogP) is 1.90. The molecular weight excluding hydrogens is 226 g/mol. The quantitative estimate of drug-likeness (QED) is 0.860. The number of aryl methyl sites for hydroxylation is 1. The van der Waals surface area contributed by atoms with Crippen molar-refractivity contribution in [2.45, 2.75) is 25.9 Å². The van der Waals surface area contributed by atoms with Crippen LogP contribution in [0.2, 0.25) is 0 Å². The zero-order valence-electron chi connectivity index (χ0n) is 10.4. The minimum Gasteiger partial charge on any atom is -0.388 e. The fourth-order valence-electron chi connectivity index (χ4n) is 2.01. The van der Waals surface area contributed by atoms with Gasteiger partial charge in [0.1, 0.15) is 5.82 Å². The van der Waals surface area contributed by atoms with Crippen LogP contribution >= 0.6 is 0 Å². The van der Waals surface area contributed by atoms with Crippen LogP contribution in [0.15, 0.2) is 36.8 Å². The van der Waals surface area contributed by atoms with Gasteiger partial charge < -0.3 is 10.8 Å². The Kier molecular flexibility index (Phi) is 3.89. The fourth-order valence-corrected chi connectivity index (χ4v) is 2.01. The smallest absolute Gasteiger partial charge is 0.123 e. The van der Waals surface area contributed by atoms with E-state index in [1.165, 1.54) is 0 Å². The van der Waals surface area contributed by atoms with Crippen molar-refractivity contribution < 1.29 is 5.11 Å². The van der Waals surface area contributed by atoms with Crippen LogP contribution in [-0.4, -0.2) is 15.1 Å². The lowest BCUT2D eigenvalue weighted by molar-refractivity contribution is 0.177. The van der Waals surface area contributed by atoms with E-state index in [9.17, 15) is 5.11 Å². The molecule has 1 unspecified atom stereocenters. The predicted molar refractivity (Wildman–Crippen MR) is 70.9 cm³/mol. The number of pyridine rings is 2. The van der Waals surface area contributed by atoms with Gasteiger partial charge in [0.2, 0.25) is 0 Å². The molecule has 18 heavy (non-hydrogen) atoms. The van der Waals surface area contributed by atoms with E-state index in [0.29, 0.717) is 12.2 Å². The van der Waals surface area contributed by atoms with Crippen molar-refractivity contribution in [3.05, 3.63) is 53.5 Å². The Morgan fingerprint density at radius 1 is 1.33 bits per heavy atom. The standard InChI is InChI=1S/C14H17N3O/c1-2-11-9-16-5-4-12(11)13(18)7-10-3-6-17-14(15)8-10/h3-6,8-9,13,18H,2,7H2,1H3,(H2,15,17). The van der Waals surface area contributed by atoms with Gasteiger partial charge in [-0.05, 0) is 41.3 Å². The molecule has 0 aliphatic heterocycles. The first kappa shape index (κ1) is 12.5. The van der Waals surface area contributed by atoms with Gasteiger partial charge >= 0.3 is 0 Å². The molecule has 0 bridgehead atoms. The topological polar surface area (TPSA) is 72.0 Å². The maximum atomic E-state index is 10.3. The van der Waals surface area contributed by atoms with Crippen LogP contribution in [0.5, 0.6) is 0 Å². The number of nitrogens with zero attached hydrogens (tertiary/aromatic N) is 2. The van der Waals surface area contributed by atoms with Gasteiger partial charge in [0.15, 0.2) is 0 Å². The molecule has 0 aromatic carbocycles. The highest BCUT2D eigenvalue weighted by molar-refractivity contribution is 5.33. The second-order valence-corrected chi connectivity index (χ2v) is 4.24. The number of aromatic nitrogens is 2. The molecular formula is C14H17N3O. The Labute approximate surface area is 107 Å². The van der Waals surface area contributed by atoms with Crippen LogP contribution in [0.1, 0.15) is 29.7 Å². The van der Waals surface area contributed by atoms with Crippen LogP contribution in [0, 0.1) is 0 Å². The summed E-state index contributed by atoms with van der Waals surface area (Å²) in [5.41, 5.74) is 8.62. The average molecular weight is 243 g/mol. The number of aliphatic hydroxyl groups is 1. The number of hydrogen-bond donors (Lipinski definition) is 2. The third-order valence-electron chi connectivity index (χ3n) is 2.96. The van der Waals surface area contributed by atoms with Crippen molar-refractivity contribution >= 4 is 5.82 Å². The fraction of sp³-hybridized carbons (Fsp3) is 0.286. The summed E-state index contributed by atoms with van der Waals surface area (Å²) in [7, 11) is 0. The maximum absolute atomic E-state index is 10.3. The largest absolute Gasteiger partial charge is 0.388 e. The van der Waals surface area contributed by atoms with Crippen molar-refractivity contribution in [2.24, 2.45) is 0 Å². The van der Waals surface area contributed by atoms with Gasteiger partial charge in [0.25, 0.3) is 0 Å². The zero-order chi connectivity index (χ0) is 13.0.